The number of ether oxygens (including phenoxy) is 1. The summed E-state index contributed by atoms with van der Waals surface area (Å²) in [5, 5.41) is 9.14. The number of halogens is 1. The van der Waals surface area contributed by atoms with Gasteiger partial charge in [0.2, 0.25) is 0 Å². The number of nitriles is 1. The van der Waals surface area contributed by atoms with Gasteiger partial charge in [0.1, 0.15) is 11.4 Å². The second-order valence-electron chi connectivity index (χ2n) is 6.75. The first kappa shape index (κ1) is 13.1. The van der Waals surface area contributed by atoms with Crippen molar-refractivity contribution in [2.45, 2.75) is 44.6 Å². The van der Waals surface area contributed by atoms with Crippen molar-refractivity contribution >= 4 is 21.6 Å². The summed E-state index contributed by atoms with van der Waals surface area (Å²) in [6, 6.07) is 4.42. The quantitative estimate of drug-likeness (QED) is 0.849. The van der Waals surface area contributed by atoms with Crippen molar-refractivity contribution < 1.29 is 4.74 Å². The molecule has 0 radical (unpaired) electrons. The average Bonchev–Trinajstić information content (AvgIpc) is 2.68. The van der Waals surface area contributed by atoms with E-state index in [1.165, 1.54) is 0 Å². The van der Waals surface area contributed by atoms with Crippen LogP contribution in [0.15, 0.2) is 22.9 Å². The molecular weight excluding hydrogens is 330 g/mol. The van der Waals surface area contributed by atoms with Crippen LogP contribution in [0.1, 0.15) is 38.8 Å². The lowest BCUT2D eigenvalue weighted by Crippen LogP contribution is -2.63. The van der Waals surface area contributed by atoms with E-state index in [9.17, 15) is 0 Å². The molecule has 5 rings (SSSR count). The number of pyridine rings is 1. The summed E-state index contributed by atoms with van der Waals surface area (Å²) >= 11 is 3.55. The zero-order valence-corrected chi connectivity index (χ0v) is 13.6. The van der Waals surface area contributed by atoms with E-state index in [1.54, 1.807) is 0 Å². The summed E-state index contributed by atoms with van der Waals surface area (Å²) in [7, 11) is 0. The van der Waals surface area contributed by atoms with E-state index in [2.05, 4.69) is 28.2 Å². The Balaban J connectivity index is 1.70. The Bertz CT molecular complexity index is 767. The Kier molecular flexibility index (Phi) is 2.51. The molecule has 3 fully saturated rings. The summed E-state index contributed by atoms with van der Waals surface area (Å²) in [5.74, 6) is 0.820. The lowest BCUT2D eigenvalue weighted by atomic mass is 9.35. The molecule has 4 nitrogen and oxygen atoms in total. The highest BCUT2D eigenvalue weighted by molar-refractivity contribution is 9.10. The zero-order chi connectivity index (χ0) is 14.8. The summed E-state index contributed by atoms with van der Waals surface area (Å²) in [6.07, 6.45) is 7.13. The third-order valence-electron chi connectivity index (χ3n) is 4.68. The maximum absolute atomic E-state index is 9.14. The van der Waals surface area contributed by atoms with Crippen LogP contribution in [0.2, 0.25) is 0 Å². The minimum absolute atomic E-state index is 0.0394. The fourth-order valence-corrected chi connectivity index (χ4v) is 4.20. The molecule has 21 heavy (non-hydrogen) atoms. The van der Waals surface area contributed by atoms with E-state index in [-0.39, 0.29) is 16.9 Å². The molecular formula is C16H16BrN3O. The molecule has 0 N–H and O–H groups in total. The van der Waals surface area contributed by atoms with E-state index in [0.717, 1.165) is 40.8 Å². The number of hydrogen-bond acceptors (Lipinski definition) is 3. The van der Waals surface area contributed by atoms with Crippen molar-refractivity contribution in [3.05, 3.63) is 28.6 Å². The first-order valence-corrected chi connectivity index (χ1v) is 8.01. The van der Waals surface area contributed by atoms with Crippen LogP contribution in [0.4, 0.5) is 0 Å². The summed E-state index contributed by atoms with van der Waals surface area (Å²) in [6.45, 7) is 4.02. The largest absolute Gasteiger partial charge is 0.490 e. The molecule has 2 heterocycles. The maximum Gasteiger partial charge on any atom is 0.140 e. The number of aromatic nitrogens is 2. The predicted octanol–water partition coefficient (Wildman–Crippen LogP) is 3.83. The zero-order valence-electron chi connectivity index (χ0n) is 12.1. The van der Waals surface area contributed by atoms with Crippen LogP contribution >= 0.6 is 15.9 Å². The van der Waals surface area contributed by atoms with Gasteiger partial charge >= 0.3 is 0 Å². The lowest BCUT2D eigenvalue weighted by molar-refractivity contribution is -0.0953. The summed E-state index contributed by atoms with van der Waals surface area (Å²) < 4.78 is 8.75. The third-order valence-corrected chi connectivity index (χ3v) is 5.28. The van der Waals surface area contributed by atoms with Crippen LogP contribution in [0.5, 0.6) is 5.75 Å². The predicted molar refractivity (Wildman–Crippen MR) is 82.2 cm³/mol. The van der Waals surface area contributed by atoms with Crippen molar-refractivity contribution in [2.75, 3.05) is 0 Å². The molecule has 3 saturated carbocycles. The normalized spacial score (nSPS) is 29.9. The number of imidazole rings is 1. The Morgan fingerprint density at radius 1 is 1.38 bits per heavy atom. The molecule has 0 atom stereocenters. The van der Waals surface area contributed by atoms with E-state index < -0.39 is 0 Å². The maximum atomic E-state index is 9.14. The van der Waals surface area contributed by atoms with Crippen molar-refractivity contribution in [3.63, 3.8) is 0 Å². The van der Waals surface area contributed by atoms with Gasteiger partial charge in [0, 0.05) is 23.9 Å². The first-order valence-electron chi connectivity index (χ1n) is 7.22. The Morgan fingerprint density at radius 3 is 2.71 bits per heavy atom. The molecule has 3 aliphatic rings. The Labute approximate surface area is 131 Å². The van der Waals surface area contributed by atoms with E-state index in [4.69, 9.17) is 15.0 Å². The molecule has 2 aromatic rings. The smallest absolute Gasteiger partial charge is 0.140 e. The third kappa shape index (κ3) is 1.75. The van der Waals surface area contributed by atoms with Crippen LogP contribution in [0.3, 0.4) is 0 Å². The summed E-state index contributed by atoms with van der Waals surface area (Å²) in [5.41, 5.74) is 2.14. The van der Waals surface area contributed by atoms with Gasteiger partial charge in [0.05, 0.1) is 27.8 Å². The molecule has 0 unspecified atom stereocenters. The SMILES string of the molecule is CC(C)Oc1cc2nc(C34CC(C#N)(C3)C4)cn2cc1Br. The fraction of sp³-hybridized carbons (Fsp3) is 0.500. The summed E-state index contributed by atoms with van der Waals surface area (Å²) in [4.78, 5) is 4.77. The van der Waals surface area contributed by atoms with Gasteiger partial charge in [-0.2, -0.15) is 5.26 Å². The second kappa shape index (κ2) is 4.01. The highest BCUT2D eigenvalue weighted by Gasteiger charge is 2.70. The number of nitrogens with zero attached hydrogens (tertiary/aromatic N) is 3. The molecule has 2 aromatic heterocycles. The Hall–Kier alpha value is -1.54. The monoisotopic (exact) mass is 345 g/mol. The first-order chi connectivity index (χ1) is 9.95. The number of fused-ring (bicyclic) bond motifs is 1. The van der Waals surface area contributed by atoms with Crippen LogP contribution in [0, 0.1) is 16.7 Å². The van der Waals surface area contributed by atoms with Crippen molar-refractivity contribution in [2.24, 2.45) is 5.41 Å². The molecule has 0 aromatic carbocycles. The fourth-order valence-electron chi connectivity index (χ4n) is 3.77. The van der Waals surface area contributed by atoms with Gasteiger partial charge in [-0.1, -0.05) is 0 Å². The van der Waals surface area contributed by atoms with Crippen molar-refractivity contribution in [1.29, 1.82) is 5.26 Å². The van der Waals surface area contributed by atoms with Crippen molar-refractivity contribution in [3.8, 4) is 11.8 Å². The average molecular weight is 346 g/mol. The van der Waals surface area contributed by atoms with E-state index in [0.29, 0.717) is 0 Å². The highest BCUT2D eigenvalue weighted by atomic mass is 79.9. The van der Waals surface area contributed by atoms with E-state index in [1.807, 2.05) is 30.5 Å². The van der Waals surface area contributed by atoms with Gasteiger partial charge in [0.25, 0.3) is 0 Å². The van der Waals surface area contributed by atoms with Crippen LogP contribution in [-0.4, -0.2) is 15.5 Å². The standard InChI is InChI=1S/C16H16BrN3O/c1-10(2)21-12-3-14-19-13(5-20(14)4-11(12)17)16-6-15(7-16,8-16)9-18/h3-5,10H,6-8H2,1-2H3. The topological polar surface area (TPSA) is 50.3 Å². The molecule has 0 amide bonds. The Morgan fingerprint density at radius 2 is 2.10 bits per heavy atom. The van der Waals surface area contributed by atoms with E-state index >= 15 is 0 Å². The molecule has 2 bridgehead atoms. The molecule has 3 aliphatic carbocycles. The molecule has 0 spiro atoms. The molecule has 0 aliphatic heterocycles. The van der Waals surface area contributed by atoms with Crippen molar-refractivity contribution in [1.82, 2.24) is 9.38 Å². The van der Waals surface area contributed by atoms with Crippen LogP contribution in [0.25, 0.3) is 5.65 Å². The number of rotatable bonds is 3. The molecule has 0 saturated heterocycles. The molecule has 108 valence electrons. The molecule has 5 heteroatoms. The van der Waals surface area contributed by atoms with Gasteiger partial charge < -0.3 is 9.14 Å². The van der Waals surface area contributed by atoms with Gasteiger partial charge in [-0.25, -0.2) is 4.98 Å². The van der Waals surface area contributed by atoms with Crippen LogP contribution < -0.4 is 4.74 Å². The van der Waals surface area contributed by atoms with Gasteiger partial charge in [0.15, 0.2) is 0 Å². The minimum Gasteiger partial charge on any atom is -0.490 e. The van der Waals surface area contributed by atoms with Gasteiger partial charge in [-0.05, 0) is 49.0 Å². The van der Waals surface area contributed by atoms with Crippen LogP contribution in [-0.2, 0) is 5.41 Å². The lowest BCUT2D eigenvalue weighted by Gasteiger charge is -2.66. The van der Waals surface area contributed by atoms with Gasteiger partial charge in [-0.15, -0.1) is 0 Å². The number of hydrogen-bond donors (Lipinski definition) is 0. The second-order valence-corrected chi connectivity index (χ2v) is 7.60. The van der Waals surface area contributed by atoms with Gasteiger partial charge in [-0.3, -0.25) is 0 Å². The highest BCUT2D eigenvalue weighted by Crippen LogP contribution is 2.73. The minimum atomic E-state index is -0.0394.